The molecule has 108 valence electrons. The summed E-state index contributed by atoms with van der Waals surface area (Å²) in [5, 5.41) is 3.71. The van der Waals surface area contributed by atoms with Crippen LogP contribution in [-0.2, 0) is 0 Å². The fourth-order valence-corrected chi connectivity index (χ4v) is 2.17. The maximum Gasteiger partial charge on any atom is 0.439 e. The average Bonchev–Trinajstić information content (AvgIpc) is 2.94. The van der Waals surface area contributed by atoms with Crippen LogP contribution in [0.2, 0.25) is 0 Å². The fourth-order valence-electron chi connectivity index (χ4n) is 2.17. The summed E-state index contributed by atoms with van der Waals surface area (Å²) in [6, 6.07) is 1.84. The molecule has 0 unspecified atom stereocenters. The highest BCUT2D eigenvalue weighted by atomic mass is 16.5. The predicted octanol–water partition coefficient (Wildman–Crippen LogP) is 2.68. The Bertz CT molecular complexity index is 768. The van der Waals surface area contributed by atoms with E-state index in [4.69, 9.17) is 0 Å². The summed E-state index contributed by atoms with van der Waals surface area (Å²) in [5.74, 6) is 0.650. The Kier molecular flexibility index (Phi) is 3.51. The number of hydrogen-bond acceptors (Lipinski definition) is 5. The van der Waals surface area contributed by atoms with E-state index in [1.165, 1.54) is 0 Å². The molecule has 0 spiro atoms. The molecule has 21 heavy (non-hydrogen) atoms. The van der Waals surface area contributed by atoms with Gasteiger partial charge < -0.3 is 0 Å². The van der Waals surface area contributed by atoms with Gasteiger partial charge in [0.1, 0.15) is 11.5 Å². The van der Waals surface area contributed by atoms with Crippen LogP contribution >= 0.6 is 0 Å². The predicted molar refractivity (Wildman–Crippen MR) is 78.6 cm³/mol. The van der Waals surface area contributed by atoms with Crippen LogP contribution in [0.15, 0.2) is 33.6 Å². The molecule has 0 fully saturated rings. The normalized spacial score (nSPS) is 14.5. The van der Waals surface area contributed by atoms with Crippen molar-refractivity contribution >= 4 is 5.57 Å². The molecule has 2 heterocycles. The van der Waals surface area contributed by atoms with Gasteiger partial charge in [0.25, 0.3) is 0 Å². The zero-order valence-electron chi connectivity index (χ0n) is 12.0. The lowest BCUT2D eigenvalue weighted by Crippen LogP contribution is -2.05. The summed E-state index contributed by atoms with van der Waals surface area (Å²) in [5.41, 5.74) is 2.61. The number of nitrogens with one attached hydrogen (secondary N) is 1. The summed E-state index contributed by atoms with van der Waals surface area (Å²) in [7, 11) is 0. The average molecular weight is 284 g/mol. The second-order valence-electron chi connectivity index (χ2n) is 5.25. The number of H-pyrrole nitrogens is 1. The molecule has 0 amide bonds. The summed E-state index contributed by atoms with van der Waals surface area (Å²) in [6.07, 6.45) is 8.17. The molecule has 2 aromatic heterocycles. The molecule has 0 atom stereocenters. The Hall–Kier alpha value is -2.50. The Balaban J connectivity index is 2.12. The van der Waals surface area contributed by atoms with Gasteiger partial charge in [-0.3, -0.25) is 9.51 Å². The number of aromatic nitrogens is 4. The van der Waals surface area contributed by atoms with E-state index in [1.807, 2.05) is 26.0 Å². The Morgan fingerprint density at radius 2 is 2.10 bits per heavy atom. The molecule has 0 saturated carbocycles. The minimum atomic E-state index is -0.587. The van der Waals surface area contributed by atoms with Gasteiger partial charge in [0, 0.05) is 5.92 Å². The van der Waals surface area contributed by atoms with Crippen molar-refractivity contribution in [1.82, 2.24) is 20.1 Å². The lowest BCUT2D eigenvalue weighted by atomic mass is 10.0. The van der Waals surface area contributed by atoms with Crippen molar-refractivity contribution < 1.29 is 4.52 Å². The largest absolute Gasteiger partial charge is 0.439 e. The van der Waals surface area contributed by atoms with E-state index in [0.29, 0.717) is 11.5 Å². The van der Waals surface area contributed by atoms with E-state index >= 15 is 0 Å². The number of aromatic amines is 1. The lowest BCUT2D eigenvalue weighted by molar-refractivity contribution is 0.387. The third-order valence-corrected chi connectivity index (χ3v) is 3.29. The maximum absolute atomic E-state index is 11.1. The molecule has 6 nitrogen and oxygen atoms in total. The molecule has 0 saturated heterocycles. The molecule has 3 rings (SSSR count). The van der Waals surface area contributed by atoms with Crippen molar-refractivity contribution in [2.75, 3.05) is 0 Å². The molecular weight excluding hydrogens is 268 g/mol. The second-order valence-corrected chi connectivity index (χ2v) is 5.25. The summed E-state index contributed by atoms with van der Waals surface area (Å²) in [4.78, 5) is 22.7. The Morgan fingerprint density at radius 3 is 2.71 bits per heavy atom. The van der Waals surface area contributed by atoms with Gasteiger partial charge in [-0.25, -0.2) is 14.8 Å². The smallest absolute Gasteiger partial charge is 0.296 e. The van der Waals surface area contributed by atoms with E-state index in [-0.39, 0.29) is 5.92 Å². The van der Waals surface area contributed by atoms with Gasteiger partial charge in [-0.15, -0.1) is 0 Å². The van der Waals surface area contributed by atoms with Crippen LogP contribution in [0.3, 0.4) is 0 Å². The topological polar surface area (TPSA) is 84.7 Å². The van der Waals surface area contributed by atoms with Crippen molar-refractivity contribution in [3.05, 3.63) is 46.4 Å². The van der Waals surface area contributed by atoms with Gasteiger partial charge in [-0.2, -0.15) is 0 Å². The van der Waals surface area contributed by atoms with Crippen LogP contribution in [0.25, 0.3) is 17.1 Å². The highest BCUT2D eigenvalue weighted by molar-refractivity contribution is 5.68. The zero-order valence-corrected chi connectivity index (χ0v) is 12.0. The van der Waals surface area contributed by atoms with Crippen LogP contribution in [0, 0.1) is 0 Å². The summed E-state index contributed by atoms with van der Waals surface area (Å²) < 4.78 is 4.56. The maximum atomic E-state index is 11.1. The van der Waals surface area contributed by atoms with Crippen molar-refractivity contribution in [3.63, 3.8) is 0 Å². The van der Waals surface area contributed by atoms with Gasteiger partial charge in [0.15, 0.2) is 0 Å². The first-order chi connectivity index (χ1) is 10.1. The minimum absolute atomic E-state index is 0.182. The van der Waals surface area contributed by atoms with Crippen molar-refractivity contribution in [2.24, 2.45) is 0 Å². The van der Waals surface area contributed by atoms with Crippen LogP contribution in [0.4, 0.5) is 0 Å². The third kappa shape index (κ3) is 2.84. The van der Waals surface area contributed by atoms with Gasteiger partial charge >= 0.3 is 5.76 Å². The Morgan fingerprint density at radius 1 is 1.29 bits per heavy atom. The van der Waals surface area contributed by atoms with E-state index in [9.17, 15) is 4.79 Å². The van der Waals surface area contributed by atoms with Gasteiger partial charge in [-0.1, -0.05) is 37.2 Å². The molecule has 0 radical (unpaired) electrons. The first-order valence-electron chi connectivity index (χ1n) is 6.95. The van der Waals surface area contributed by atoms with Gasteiger partial charge in [0.2, 0.25) is 5.82 Å². The second kappa shape index (κ2) is 5.47. The molecule has 0 aliphatic heterocycles. The van der Waals surface area contributed by atoms with Crippen molar-refractivity contribution in [1.29, 1.82) is 0 Å². The molecule has 0 bridgehead atoms. The molecule has 1 aliphatic carbocycles. The summed E-state index contributed by atoms with van der Waals surface area (Å²) in [6.45, 7) is 4.06. The standard InChI is InChI=1S/C15H16N4O2/c1-9(2)13-16-11(10-6-4-3-5-7-10)8-12(17-13)14-18-15(20)21-19-14/h3-4,6,8-9H,5,7H2,1-2H3,(H,18,19,20). The van der Waals surface area contributed by atoms with E-state index in [2.05, 4.69) is 36.8 Å². The van der Waals surface area contributed by atoms with E-state index in [1.54, 1.807) is 0 Å². The van der Waals surface area contributed by atoms with E-state index < -0.39 is 5.76 Å². The first kappa shape index (κ1) is 13.5. The van der Waals surface area contributed by atoms with Crippen LogP contribution < -0.4 is 5.76 Å². The molecule has 1 N–H and O–H groups in total. The molecular formula is C15H16N4O2. The molecule has 6 heteroatoms. The minimum Gasteiger partial charge on any atom is -0.296 e. The zero-order chi connectivity index (χ0) is 14.8. The van der Waals surface area contributed by atoms with Crippen molar-refractivity contribution in [2.45, 2.75) is 32.6 Å². The number of hydrogen-bond donors (Lipinski definition) is 1. The number of rotatable bonds is 3. The molecule has 0 aromatic carbocycles. The molecule has 1 aliphatic rings. The number of nitrogens with zero attached hydrogens (tertiary/aromatic N) is 3. The fraction of sp³-hybridized carbons (Fsp3) is 0.333. The first-order valence-corrected chi connectivity index (χ1v) is 6.95. The highest BCUT2D eigenvalue weighted by Gasteiger charge is 2.15. The third-order valence-electron chi connectivity index (χ3n) is 3.29. The monoisotopic (exact) mass is 284 g/mol. The van der Waals surface area contributed by atoms with Crippen molar-refractivity contribution in [3.8, 4) is 11.5 Å². The quantitative estimate of drug-likeness (QED) is 0.936. The highest BCUT2D eigenvalue weighted by Crippen LogP contribution is 2.26. The Labute approximate surface area is 121 Å². The van der Waals surface area contributed by atoms with Gasteiger partial charge in [0.05, 0.1) is 5.69 Å². The van der Waals surface area contributed by atoms with Crippen LogP contribution in [0.5, 0.6) is 0 Å². The lowest BCUT2D eigenvalue weighted by Gasteiger charge is -2.12. The van der Waals surface area contributed by atoms with Crippen LogP contribution in [0.1, 0.15) is 44.1 Å². The van der Waals surface area contributed by atoms with E-state index in [0.717, 1.165) is 29.9 Å². The molecule has 2 aromatic rings. The SMILES string of the molecule is CC(C)c1nc(C2=CC=CCC2)cc(-c2noc(=O)[nH]2)n1. The van der Waals surface area contributed by atoms with Gasteiger partial charge in [-0.05, 0) is 24.5 Å². The summed E-state index contributed by atoms with van der Waals surface area (Å²) >= 11 is 0. The number of allylic oxidation sites excluding steroid dienone is 4. The van der Waals surface area contributed by atoms with Crippen LogP contribution in [-0.4, -0.2) is 20.1 Å².